The van der Waals surface area contributed by atoms with E-state index in [9.17, 15) is 10.1 Å². The molecule has 0 spiro atoms. The number of carbonyl (C=O) groups excluding carboxylic acids is 1. The fraction of sp³-hybridized carbons (Fsp3) is 0.0714. The Balaban J connectivity index is 2.76. The molecular formula is C14H8Cl2N2O2. The predicted octanol–water partition coefficient (Wildman–Crippen LogP) is 3.71. The molecule has 1 aromatic carbocycles. The van der Waals surface area contributed by atoms with Gasteiger partial charge in [-0.3, -0.25) is 0 Å². The van der Waals surface area contributed by atoms with Crippen molar-refractivity contribution in [2.75, 3.05) is 7.11 Å². The summed E-state index contributed by atoms with van der Waals surface area (Å²) >= 11 is 11.8. The van der Waals surface area contributed by atoms with Crippen molar-refractivity contribution in [2.45, 2.75) is 0 Å². The second-order valence-corrected chi connectivity index (χ2v) is 4.55. The normalized spacial score (nSPS) is 9.90. The van der Waals surface area contributed by atoms with Crippen LogP contribution in [0.3, 0.4) is 0 Å². The van der Waals surface area contributed by atoms with Crippen LogP contribution in [0.15, 0.2) is 30.3 Å². The molecule has 2 rings (SSSR count). The third-order valence-electron chi connectivity index (χ3n) is 2.68. The number of nitriles is 1. The molecule has 6 heteroatoms. The van der Waals surface area contributed by atoms with Crippen LogP contribution >= 0.6 is 23.2 Å². The van der Waals surface area contributed by atoms with Gasteiger partial charge in [0.15, 0.2) is 0 Å². The van der Waals surface area contributed by atoms with E-state index in [0.717, 1.165) is 0 Å². The van der Waals surface area contributed by atoms with Crippen LogP contribution in [0.5, 0.6) is 0 Å². The number of pyridine rings is 1. The number of halogens is 2. The first-order chi connectivity index (χ1) is 9.58. The summed E-state index contributed by atoms with van der Waals surface area (Å²) in [6.45, 7) is 0. The lowest BCUT2D eigenvalue weighted by Gasteiger charge is -2.10. The molecular weight excluding hydrogens is 299 g/mol. The fourth-order valence-electron chi connectivity index (χ4n) is 1.81. The van der Waals surface area contributed by atoms with Crippen LogP contribution in [0.4, 0.5) is 0 Å². The number of aromatic nitrogens is 1. The van der Waals surface area contributed by atoms with Crippen molar-refractivity contribution < 1.29 is 9.53 Å². The summed E-state index contributed by atoms with van der Waals surface area (Å²) in [6.07, 6.45) is 0. The van der Waals surface area contributed by atoms with Crippen molar-refractivity contribution in [1.29, 1.82) is 5.26 Å². The van der Waals surface area contributed by atoms with Crippen molar-refractivity contribution in [2.24, 2.45) is 0 Å². The van der Waals surface area contributed by atoms with E-state index in [2.05, 4.69) is 4.98 Å². The van der Waals surface area contributed by atoms with Crippen molar-refractivity contribution in [3.63, 3.8) is 0 Å². The number of hydrogen-bond acceptors (Lipinski definition) is 4. The zero-order chi connectivity index (χ0) is 14.7. The summed E-state index contributed by atoms with van der Waals surface area (Å²) in [5, 5.41) is 9.34. The molecule has 0 amide bonds. The Labute approximate surface area is 125 Å². The van der Waals surface area contributed by atoms with Crippen LogP contribution in [-0.4, -0.2) is 18.1 Å². The third kappa shape index (κ3) is 2.60. The molecule has 100 valence electrons. The summed E-state index contributed by atoms with van der Waals surface area (Å²) in [6, 6.07) is 10.2. The molecule has 1 heterocycles. The van der Waals surface area contributed by atoms with E-state index in [-0.39, 0.29) is 15.9 Å². The lowest BCUT2D eigenvalue weighted by atomic mass is 9.97. The third-order valence-corrected chi connectivity index (χ3v) is 3.15. The van der Waals surface area contributed by atoms with Gasteiger partial charge in [0.1, 0.15) is 16.4 Å². The Morgan fingerprint density at radius 1 is 1.30 bits per heavy atom. The van der Waals surface area contributed by atoms with E-state index in [1.54, 1.807) is 24.3 Å². The molecule has 0 aliphatic carbocycles. The van der Waals surface area contributed by atoms with Gasteiger partial charge in [-0.1, -0.05) is 41.4 Å². The minimum absolute atomic E-state index is 0.00494. The number of esters is 1. The number of hydrogen-bond donors (Lipinski definition) is 0. The Morgan fingerprint density at radius 3 is 2.65 bits per heavy atom. The highest BCUT2D eigenvalue weighted by atomic mass is 35.5. The maximum absolute atomic E-state index is 11.8. The van der Waals surface area contributed by atoms with Gasteiger partial charge < -0.3 is 4.74 Å². The van der Waals surface area contributed by atoms with E-state index in [0.29, 0.717) is 16.7 Å². The van der Waals surface area contributed by atoms with Gasteiger partial charge in [-0.2, -0.15) is 5.26 Å². The quantitative estimate of drug-likeness (QED) is 0.626. The van der Waals surface area contributed by atoms with Crippen molar-refractivity contribution in [3.8, 4) is 17.2 Å². The number of methoxy groups -OCH3 is 1. The lowest BCUT2D eigenvalue weighted by Crippen LogP contribution is -2.04. The molecule has 0 saturated carbocycles. The first kappa shape index (κ1) is 14.3. The smallest absolute Gasteiger partial charge is 0.338 e. The number of carbonyl (C=O) groups is 1. The van der Waals surface area contributed by atoms with E-state index in [1.807, 2.05) is 6.07 Å². The van der Waals surface area contributed by atoms with Gasteiger partial charge in [0.2, 0.25) is 0 Å². The zero-order valence-electron chi connectivity index (χ0n) is 10.4. The van der Waals surface area contributed by atoms with E-state index < -0.39 is 5.97 Å². The van der Waals surface area contributed by atoms with E-state index in [1.165, 1.54) is 13.2 Å². The monoisotopic (exact) mass is 306 g/mol. The predicted molar refractivity (Wildman–Crippen MR) is 75.7 cm³/mol. The summed E-state index contributed by atoms with van der Waals surface area (Å²) in [7, 11) is 1.29. The Hall–Kier alpha value is -2.09. The molecule has 0 radical (unpaired) electrons. The Morgan fingerprint density at radius 2 is 2.00 bits per heavy atom. The van der Waals surface area contributed by atoms with Crippen LogP contribution < -0.4 is 0 Å². The van der Waals surface area contributed by atoms with Gasteiger partial charge in [0.05, 0.1) is 18.2 Å². The summed E-state index contributed by atoms with van der Waals surface area (Å²) in [4.78, 5) is 15.6. The number of ether oxygens (including phenoxy) is 1. The highest BCUT2D eigenvalue weighted by molar-refractivity contribution is 6.33. The molecule has 0 aliphatic heterocycles. The summed E-state index contributed by atoms with van der Waals surface area (Å²) in [5.41, 5.74) is 1.44. The standard InChI is InChI=1S/C14H8Cl2N2O2/c1-20-14(19)9-5-3-2-4-8(9)10-6-12(15)18-13(16)11(10)7-17/h2-6H,1H3. The molecule has 0 N–H and O–H groups in total. The molecule has 0 atom stereocenters. The van der Waals surface area contributed by atoms with Gasteiger partial charge in [-0.25, -0.2) is 9.78 Å². The minimum Gasteiger partial charge on any atom is -0.465 e. The second-order valence-electron chi connectivity index (χ2n) is 3.81. The Bertz CT molecular complexity index is 724. The SMILES string of the molecule is COC(=O)c1ccccc1-c1cc(Cl)nc(Cl)c1C#N. The average Bonchev–Trinajstić information content (AvgIpc) is 2.45. The number of nitrogens with zero attached hydrogens (tertiary/aromatic N) is 2. The Kier molecular flexibility index (Phi) is 4.23. The maximum atomic E-state index is 11.8. The van der Waals surface area contributed by atoms with E-state index in [4.69, 9.17) is 27.9 Å². The lowest BCUT2D eigenvalue weighted by molar-refractivity contribution is 0.0601. The van der Waals surface area contributed by atoms with Crippen LogP contribution in [0.1, 0.15) is 15.9 Å². The van der Waals surface area contributed by atoms with Gasteiger partial charge >= 0.3 is 5.97 Å². The van der Waals surface area contributed by atoms with Crippen LogP contribution in [-0.2, 0) is 4.74 Å². The van der Waals surface area contributed by atoms with Crippen molar-refractivity contribution >= 4 is 29.2 Å². The molecule has 0 bridgehead atoms. The first-order valence-electron chi connectivity index (χ1n) is 5.52. The molecule has 0 fully saturated rings. The van der Waals surface area contributed by atoms with E-state index >= 15 is 0 Å². The molecule has 4 nitrogen and oxygen atoms in total. The van der Waals surface area contributed by atoms with Crippen molar-refractivity contribution in [3.05, 3.63) is 51.8 Å². The molecule has 0 saturated heterocycles. The highest BCUT2D eigenvalue weighted by Crippen LogP contribution is 2.32. The molecule has 2 aromatic rings. The zero-order valence-corrected chi connectivity index (χ0v) is 11.9. The first-order valence-corrected chi connectivity index (χ1v) is 6.28. The molecule has 0 unspecified atom stereocenters. The number of benzene rings is 1. The second kappa shape index (κ2) is 5.91. The van der Waals surface area contributed by atoms with Gasteiger partial charge in [0, 0.05) is 5.56 Å². The van der Waals surface area contributed by atoms with Gasteiger partial charge in [-0.05, 0) is 17.7 Å². The maximum Gasteiger partial charge on any atom is 0.338 e. The largest absolute Gasteiger partial charge is 0.465 e. The van der Waals surface area contributed by atoms with Gasteiger partial charge in [0.25, 0.3) is 0 Å². The highest BCUT2D eigenvalue weighted by Gasteiger charge is 2.18. The molecule has 1 aromatic heterocycles. The van der Waals surface area contributed by atoms with Crippen LogP contribution in [0.25, 0.3) is 11.1 Å². The minimum atomic E-state index is -0.506. The fourth-order valence-corrected chi connectivity index (χ4v) is 2.28. The van der Waals surface area contributed by atoms with Crippen molar-refractivity contribution in [1.82, 2.24) is 4.98 Å². The van der Waals surface area contributed by atoms with Crippen LogP contribution in [0.2, 0.25) is 10.3 Å². The average molecular weight is 307 g/mol. The molecule has 0 aliphatic rings. The topological polar surface area (TPSA) is 63.0 Å². The van der Waals surface area contributed by atoms with Gasteiger partial charge in [-0.15, -0.1) is 0 Å². The summed E-state index contributed by atoms with van der Waals surface area (Å²) in [5.74, 6) is -0.506. The van der Waals surface area contributed by atoms with Crippen LogP contribution in [0, 0.1) is 11.3 Å². The molecule has 20 heavy (non-hydrogen) atoms. The summed E-state index contributed by atoms with van der Waals surface area (Å²) < 4.78 is 4.73. The number of rotatable bonds is 2.